The van der Waals surface area contributed by atoms with Crippen molar-refractivity contribution in [3.05, 3.63) is 0 Å². The maximum Gasteiger partial charge on any atom is 0.185 e. The fraction of sp³-hybridized carbons (Fsp3) is 1.00. The van der Waals surface area contributed by atoms with E-state index in [1.807, 2.05) is 6.92 Å². The van der Waals surface area contributed by atoms with Crippen LogP contribution in [0.25, 0.3) is 0 Å². The molecule has 56 valence electrons. The molecule has 5 heteroatoms. The quantitative estimate of drug-likeness (QED) is 0.389. The van der Waals surface area contributed by atoms with E-state index in [0.29, 0.717) is 0 Å². The summed E-state index contributed by atoms with van der Waals surface area (Å²) in [5, 5.41) is 8.25. The van der Waals surface area contributed by atoms with Gasteiger partial charge < -0.3 is 48.1 Å². The van der Waals surface area contributed by atoms with Crippen LogP contribution in [0.4, 0.5) is 0 Å². The number of hydrogen-bond donors (Lipinski definition) is 2. The molecule has 1 atom stereocenters. The first-order chi connectivity index (χ1) is 2.27. The number of halogens is 3. The standard InChI is InChI=1S/C3H9NO.3ClH/c1-2-3(4)5;;;/h3,5H,2,4H2,1H3;3*1H/p-2. The summed E-state index contributed by atoms with van der Waals surface area (Å²) in [6.07, 6.45) is 0.384. The third-order valence-electron chi connectivity index (χ3n) is 0.471. The van der Waals surface area contributed by atoms with Gasteiger partial charge in [-0.25, -0.2) is 0 Å². The first-order valence-electron chi connectivity index (χ1n) is 1.78. The van der Waals surface area contributed by atoms with E-state index in [-0.39, 0.29) is 43.4 Å². The summed E-state index contributed by atoms with van der Waals surface area (Å²) in [7, 11) is 0. The van der Waals surface area contributed by atoms with E-state index < -0.39 is 0 Å². The molecule has 0 heterocycles. The van der Waals surface area contributed by atoms with Gasteiger partial charge in [0.25, 0.3) is 0 Å². The summed E-state index contributed by atoms with van der Waals surface area (Å²) in [6.45, 7) is 1.89. The van der Waals surface area contributed by atoms with Crippen LogP contribution in [0.15, 0.2) is 0 Å². The Hall–Kier alpha value is 0.790. The van der Waals surface area contributed by atoms with E-state index >= 15 is 0 Å². The molecule has 2 nitrogen and oxygen atoms in total. The van der Waals surface area contributed by atoms with Crippen molar-refractivity contribution in [3.8, 4) is 0 Å². The molecular weight excluding hydrogens is 172 g/mol. The minimum absolute atomic E-state index is 0. The van der Waals surface area contributed by atoms with Gasteiger partial charge in [0, 0.05) is 6.42 Å². The van der Waals surface area contributed by atoms with Gasteiger partial charge in [-0.05, 0) is 0 Å². The van der Waals surface area contributed by atoms with Gasteiger partial charge in [0.05, 0.1) is 0 Å². The average molecular weight is 182 g/mol. The summed E-state index contributed by atoms with van der Waals surface area (Å²) in [5.74, 6) is 0. The molecule has 4 N–H and O–H groups in total. The number of aliphatic hydroxyl groups is 1. The van der Waals surface area contributed by atoms with Gasteiger partial charge in [-0.3, -0.25) is 0 Å². The Labute approximate surface area is 68.1 Å². The van der Waals surface area contributed by atoms with Gasteiger partial charge in [0.1, 0.15) is 0 Å². The number of rotatable bonds is 1. The van der Waals surface area contributed by atoms with Crippen molar-refractivity contribution in [3.63, 3.8) is 0 Å². The van der Waals surface area contributed by atoms with Crippen LogP contribution in [0.5, 0.6) is 0 Å². The molecule has 0 saturated carbocycles. The Bertz CT molecular complexity index is 28.5. The highest BCUT2D eigenvalue weighted by Crippen LogP contribution is 1.69. The highest BCUT2D eigenvalue weighted by molar-refractivity contribution is 4.19. The lowest BCUT2D eigenvalue weighted by atomic mass is 10.5. The van der Waals surface area contributed by atoms with E-state index in [1.165, 1.54) is 0 Å². The number of hydrogen-bond acceptors (Lipinski definition) is 1. The van der Waals surface area contributed by atoms with Gasteiger partial charge in [0.15, 0.2) is 6.23 Å². The van der Waals surface area contributed by atoms with Crippen LogP contribution in [-0.4, -0.2) is 11.3 Å². The first-order valence-corrected chi connectivity index (χ1v) is 1.78. The Morgan fingerprint density at radius 3 is 1.50 bits per heavy atom. The van der Waals surface area contributed by atoms with Crippen LogP contribution < -0.4 is 43.0 Å². The first kappa shape index (κ1) is 23.2. The van der Waals surface area contributed by atoms with Crippen LogP contribution in [0.2, 0.25) is 0 Å². The normalized spacial score (nSPS) is 9.38. The van der Waals surface area contributed by atoms with Crippen molar-refractivity contribution >= 4 is 0 Å². The predicted octanol–water partition coefficient (Wildman–Crippen LogP) is -10.0. The Balaban J connectivity index is -0.0000000267. The van der Waals surface area contributed by atoms with Gasteiger partial charge in [-0.15, -0.1) is 0 Å². The second-order valence-corrected chi connectivity index (χ2v) is 1.06. The molecule has 0 aliphatic rings. The SMILES string of the molecule is CCC([NH3+])O.[Cl-].[Cl-].[Cl-]. The summed E-state index contributed by atoms with van der Waals surface area (Å²) < 4.78 is 0. The molecule has 1 unspecified atom stereocenters. The molecule has 0 aromatic rings. The van der Waals surface area contributed by atoms with Crippen LogP contribution in [0.1, 0.15) is 13.3 Å². The summed E-state index contributed by atoms with van der Waals surface area (Å²) >= 11 is 0. The van der Waals surface area contributed by atoms with E-state index in [0.717, 1.165) is 6.42 Å². The van der Waals surface area contributed by atoms with Crippen molar-refractivity contribution in [1.82, 2.24) is 0 Å². The summed E-state index contributed by atoms with van der Waals surface area (Å²) in [6, 6.07) is 0. The second-order valence-electron chi connectivity index (χ2n) is 1.06. The van der Waals surface area contributed by atoms with Crippen molar-refractivity contribution in [2.75, 3.05) is 0 Å². The van der Waals surface area contributed by atoms with Crippen molar-refractivity contribution in [2.45, 2.75) is 19.6 Å². The number of quaternary nitrogens is 1. The minimum atomic E-state index is -0.366. The van der Waals surface area contributed by atoms with E-state index in [1.54, 1.807) is 0 Å². The molecule has 0 rings (SSSR count). The van der Waals surface area contributed by atoms with Crippen molar-refractivity contribution in [2.24, 2.45) is 0 Å². The van der Waals surface area contributed by atoms with Crippen molar-refractivity contribution < 1.29 is 48.1 Å². The largest absolute Gasteiger partial charge is 1.00 e. The highest BCUT2D eigenvalue weighted by Gasteiger charge is 1.86. The molecule has 0 saturated heterocycles. The van der Waals surface area contributed by atoms with Gasteiger partial charge in [-0.1, -0.05) is 6.92 Å². The van der Waals surface area contributed by atoms with E-state index in [2.05, 4.69) is 5.73 Å². The van der Waals surface area contributed by atoms with Gasteiger partial charge in [-0.2, -0.15) is 0 Å². The fourth-order valence-electron chi connectivity index (χ4n) is 0. The molecule has 0 aliphatic heterocycles. The van der Waals surface area contributed by atoms with Gasteiger partial charge >= 0.3 is 0 Å². The molecule has 0 radical (unpaired) electrons. The third kappa shape index (κ3) is 29.2. The maximum absolute atomic E-state index is 8.25. The lowest BCUT2D eigenvalue weighted by Crippen LogP contribution is -3.00. The van der Waals surface area contributed by atoms with Crippen LogP contribution in [0.3, 0.4) is 0 Å². The fourth-order valence-corrected chi connectivity index (χ4v) is 0. The van der Waals surface area contributed by atoms with Gasteiger partial charge in [0.2, 0.25) is 0 Å². The molecule has 8 heavy (non-hydrogen) atoms. The van der Waals surface area contributed by atoms with Crippen molar-refractivity contribution in [1.29, 1.82) is 0 Å². The molecule has 0 bridgehead atoms. The summed E-state index contributed by atoms with van der Waals surface area (Å²) in [4.78, 5) is 0. The maximum atomic E-state index is 8.25. The number of aliphatic hydroxyl groups excluding tert-OH is 1. The highest BCUT2D eigenvalue weighted by atomic mass is 35.5. The van der Waals surface area contributed by atoms with Crippen LogP contribution in [0, 0.1) is 0 Å². The molecule has 0 spiro atoms. The Morgan fingerprint density at radius 2 is 1.50 bits per heavy atom. The van der Waals surface area contributed by atoms with Crippen LogP contribution >= 0.6 is 0 Å². The summed E-state index contributed by atoms with van der Waals surface area (Å²) in [5.41, 5.74) is 3.31. The zero-order valence-electron chi connectivity index (χ0n) is 4.57. The van der Waals surface area contributed by atoms with Crippen LogP contribution in [-0.2, 0) is 0 Å². The zero-order chi connectivity index (χ0) is 4.28. The zero-order valence-corrected chi connectivity index (χ0v) is 6.84. The lowest BCUT2D eigenvalue weighted by Gasteiger charge is -1.87. The third-order valence-corrected chi connectivity index (χ3v) is 0.471. The molecular formula is C3H10Cl3NO-2. The predicted molar refractivity (Wildman–Crippen MR) is 19.2 cm³/mol. The molecule has 0 aromatic carbocycles. The monoisotopic (exact) mass is 181 g/mol. The molecule has 0 aromatic heterocycles. The average Bonchev–Trinajstić information content (AvgIpc) is 1.38. The smallest absolute Gasteiger partial charge is 0.185 e. The molecule has 0 fully saturated rings. The second kappa shape index (κ2) is 15.7. The Kier molecular flexibility index (Phi) is 45.5. The minimum Gasteiger partial charge on any atom is -1.00 e. The lowest BCUT2D eigenvalue weighted by molar-refractivity contribution is -0.482. The van der Waals surface area contributed by atoms with E-state index in [4.69, 9.17) is 5.11 Å². The Morgan fingerprint density at radius 1 is 1.38 bits per heavy atom. The molecule has 0 aliphatic carbocycles. The topological polar surface area (TPSA) is 47.9 Å². The van der Waals surface area contributed by atoms with E-state index in [9.17, 15) is 0 Å². The molecule has 0 amide bonds.